The summed E-state index contributed by atoms with van der Waals surface area (Å²) in [7, 11) is -1.39. The number of hydrogen-bond acceptors (Lipinski definition) is 2. The van der Waals surface area contributed by atoms with Crippen molar-refractivity contribution >= 4 is 55.4 Å². The van der Waals surface area contributed by atoms with Crippen LogP contribution in [-0.2, 0) is 0 Å². The molecule has 0 radical (unpaired) electrons. The van der Waals surface area contributed by atoms with E-state index in [0.29, 0.717) is 0 Å². The van der Waals surface area contributed by atoms with E-state index in [4.69, 9.17) is 12.6 Å². The first-order valence-corrected chi connectivity index (χ1v) is 17.7. The highest BCUT2D eigenvalue weighted by atomic mass is 32.3. The Bertz CT molecular complexity index is 1290. The molecule has 0 bridgehead atoms. The first kappa shape index (κ1) is 28.0. The van der Waals surface area contributed by atoms with E-state index in [2.05, 4.69) is 140 Å². The summed E-state index contributed by atoms with van der Waals surface area (Å²) >= 11 is 6.82. The van der Waals surface area contributed by atoms with Crippen LogP contribution in [0.1, 0.15) is 42.0 Å². The molecule has 0 amide bonds. The standard InChI is InChI=1S/C36H38S3/c1-2-38-26-16-28-39(27-15-25-37)35(31-21-11-5-12-22-31)33(29-17-7-3-8-18-29)34(30-19-9-4-10-20-30)36(39)32-23-13-6-14-24-32/h3-14,17-24,37H,2,15-16,25-28H2,1H3. The predicted molar refractivity (Wildman–Crippen MR) is 183 cm³/mol. The van der Waals surface area contributed by atoms with Crippen LogP contribution in [0, 0.1) is 0 Å². The monoisotopic (exact) mass is 566 g/mol. The molecular weight excluding hydrogens is 529 g/mol. The minimum Gasteiger partial charge on any atom is -0.185 e. The molecule has 4 aromatic rings. The summed E-state index contributed by atoms with van der Waals surface area (Å²) in [4.78, 5) is 3.13. The van der Waals surface area contributed by atoms with Gasteiger partial charge in [-0.2, -0.15) is 34.4 Å². The van der Waals surface area contributed by atoms with Gasteiger partial charge >= 0.3 is 0 Å². The van der Waals surface area contributed by atoms with Crippen LogP contribution in [0.25, 0.3) is 21.0 Å². The first-order valence-electron chi connectivity index (χ1n) is 14.0. The van der Waals surface area contributed by atoms with Gasteiger partial charge in [-0.05, 0) is 63.9 Å². The van der Waals surface area contributed by atoms with Gasteiger partial charge in [-0.3, -0.25) is 0 Å². The van der Waals surface area contributed by atoms with E-state index >= 15 is 0 Å². The second-order valence-corrected chi connectivity index (χ2v) is 15.0. The summed E-state index contributed by atoms with van der Waals surface area (Å²) in [5, 5.41) is 0. The Morgan fingerprint density at radius 2 is 0.923 bits per heavy atom. The number of thiol groups is 1. The number of allylic oxidation sites excluding steroid dienone is 2. The Morgan fingerprint density at radius 3 is 1.31 bits per heavy atom. The maximum Gasteiger partial charge on any atom is 0.00995 e. The van der Waals surface area contributed by atoms with Gasteiger partial charge in [0.2, 0.25) is 0 Å². The first-order chi connectivity index (χ1) is 19.3. The van der Waals surface area contributed by atoms with E-state index in [0.717, 1.165) is 17.9 Å². The normalized spacial score (nSPS) is 15.5. The second kappa shape index (κ2) is 13.7. The number of hydrogen-bond donors (Lipinski definition) is 1. The predicted octanol–water partition coefficient (Wildman–Crippen LogP) is 10.4. The fourth-order valence-corrected chi connectivity index (χ4v) is 11.9. The quantitative estimate of drug-likeness (QED) is 0.131. The molecule has 1 heterocycles. The summed E-state index contributed by atoms with van der Waals surface area (Å²) in [5.41, 5.74) is 8.20. The summed E-state index contributed by atoms with van der Waals surface area (Å²) < 4.78 is 0. The van der Waals surface area contributed by atoms with Crippen LogP contribution in [0.5, 0.6) is 0 Å². The molecule has 5 rings (SSSR count). The van der Waals surface area contributed by atoms with Gasteiger partial charge in [0, 0.05) is 21.0 Å². The van der Waals surface area contributed by atoms with E-state index in [1.165, 1.54) is 57.1 Å². The molecule has 1 aliphatic rings. The van der Waals surface area contributed by atoms with Gasteiger partial charge in [-0.25, -0.2) is 0 Å². The lowest BCUT2D eigenvalue weighted by Gasteiger charge is -2.43. The van der Waals surface area contributed by atoms with Gasteiger partial charge in [-0.1, -0.05) is 128 Å². The Labute approximate surface area is 246 Å². The maximum atomic E-state index is 4.75. The number of benzene rings is 4. The second-order valence-electron chi connectivity index (χ2n) is 9.79. The molecular formula is C36H38S3. The van der Waals surface area contributed by atoms with Gasteiger partial charge in [0.25, 0.3) is 0 Å². The van der Waals surface area contributed by atoms with Crippen molar-refractivity contribution in [3.05, 3.63) is 144 Å². The van der Waals surface area contributed by atoms with Crippen molar-refractivity contribution in [3.8, 4) is 0 Å². The third kappa shape index (κ3) is 5.96. The Hall–Kier alpha value is -2.59. The molecule has 0 fully saturated rings. The average molecular weight is 567 g/mol. The summed E-state index contributed by atoms with van der Waals surface area (Å²) in [6, 6.07) is 44.8. The van der Waals surface area contributed by atoms with Crippen LogP contribution in [0.2, 0.25) is 0 Å². The Morgan fingerprint density at radius 1 is 0.538 bits per heavy atom. The number of rotatable bonds is 12. The molecule has 0 aliphatic carbocycles. The molecule has 0 aromatic heterocycles. The van der Waals surface area contributed by atoms with E-state index in [9.17, 15) is 0 Å². The third-order valence-corrected chi connectivity index (χ3v) is 13.0. The van der Waals surface area contributed by atoms with Crippen LogP contribution in [0.15, 0.2) is 121 Å². The van der Waals surface area contributed by atoms with Gasteiger partial charge in [-0.15, -0.1) is 0 Å². The minimum atomic E-state index is -1.39. The minimum absolute atomic E-state index is 0.907. The van der Waals surface area contributed by atoms with Crippen LogP contribution < -0.4 is 0 Å². The molecule has 3 heteroatoms. The molecule has 1 aliphatic heterocycles. The van der Waals surface area contributed by atoms with Crippen molar-refractivity contribution in [2.45, 2.75) is 19.8 Å². The molecule has 0 N–H and O–H groups in total. The zero-order valence-corrected chi connectivity index (χ0v) is 25.3. The maximum absolute atomic E-state index is 4.75. The summed E-state index contributed by atoms with van der Waals surface area (Å²) in [6.07, 6.45) is 2.33. The largest absolute Gasteiger partial charge is 0.185 e. The highest BCUT2D eigenvalue weighted by Crippen LogP contribution is 2.78. The van der Waals surface area contributed by atoms with Crippen molar-refractivity contribution in [2.24, 2.45) is 0 Å². The van der Waals surface area contributed by atoms with Crippen molar-refractivity contribution in [1.29, 1.82) is 0 Å². The molecule has 0 spiro atoms. The van der Waals surface area contributed by atoms with E-state index in [-0.39, 0.29) is 0 Å². The molecule has 0 saturated heterocycles. The molecule has 39 heavy (non-hydrogen) atoms. The van der Waals surface area contributed by atoms with E-state index in [1.807, 2.05) is 0 Å². The van der Waals surface area contributed by atoms with Gasteiger partial charge in [0.15, 0.2) is 0 Å². The van der Waals surface area contributed by atoms with Crippen LogP contribution in [-0.4, -0.2) is 28.8 Å². The molecule has 4 aromatic carbocycles. The lowest BCUT2D eigenvalue weighted by Crippen LogP contribution is -2.13. The smallest absolute Gasteiger partial charge is 0.00995 e. The molecule has 0 atom stereocenters. The zero-order chi connectivity index (χ0) is 26.9. The summed E-state index contributed by atoms with van der Waals surface area (Å²) in [5.74, 6) is 5.65. The summed E-state index contributed by atoms with van der Waals surface area (Å²) in [6.45, 7) is 2.27. The van der Waals surface area contributed by atoms with Crippen LogP contribution in [0.3, 0.4) is 0 Å². The molecule has 0 unspecified atom stereocenters. The fourth-order valence-electron chi connectivity index (χ4n) is 5.77. The third-order valence-electron chi connectivity index (χ3n) is 7.32. The molecule has 0 saturated carbocycles. The van der Waals surface area contributed by atoms with Crippen molar-refractivity contribution in [3.63, 3.8) is 0 Å². The Balaban J connectivity index is 1.91. The number of thioether (sulfide) groups is 1. The fraction of sp³-hybridized carbons (Fsp3) is 0.222. The average Bonchev–Trinajstić information content (AvgIpc) is 3.31. The van der Waals surface area contributed by atoms with Crippen molar-refractivity contribution in [2.75, 3.05) is 28.8 Å². The molecule has 0 nitrogen and oxygen atoms in total. The van der Waals surface area contributed by atoms with E-state index < -0.39 is 10.0 Å². The highest BCUT2D eigenvalue weighted by molar-refractivity contribution is 8.48. The lowest BCUT2D eigenvalue weighted by molar-refractivity contribution is 1.08. The zero-order valence-electron chi connectivity index (χ0n) is 22.8. The van der Waals surface area contributed by atoms with Gasteiger partial charge in [0.05, 0.1) is 0 Å². The SMILES string of the molecule is CCSCCCS1(CCCS)C(c2ccccc2)=C(c2ccccc2)C(c2ccccc2)=C1c1ccccc1. The molecule has 200 valence electrons. The topological polar surface area (TPSA) is 0 Å². The highest BCUT2D eigenvalue weighted by Gasteiger charge is 2.44. The van der Waals surface area contributed by atoms with Crippen LogP contribution in [0.4, 0.5) is 0 Å². The van der Waals surface area contributed by atoms with Gasteiger partial charge < -0.3 is 0 Å². The Kier molecular flexibility index (Phi) is 9.79. The van der Waals surface area contributed by atoms with Crippen molar-refractivity contribution < 1.29 is 0 Å². The van der Waals surface area contributed by atoms with Crippen molar-refractivity contribution in [1.82, 2.24) is 0 Å². The van der Waals surface area contributed by atoms with Gasteiger partial charge in [0.1, 0.15) is 0 Å². The van der Waals surface area contributed by atoms with Crippen LogP contribution >= 0.6 is 34.4 Å². The van der Waals surface area contributed by atoms with E-state index in [1.54, 1.807) is 9.81 Å². The lowest BCUT2D eigenvalue weighted by atomic mass is 9.89.